The van der Waals surface area contributed by atoms with Gasteiger partial charge < -0.3 is 9.80 Å². The Balaban J connectivity index is 1.23. The summed E-state index contributed by atoms with van der Waals surface area (Å²) in [6.45, 7) is 5.34. The number of nitrogens with zero attached hydrogens (tertiary/aromatic N) is 6. The van der Waals surface area contributed by atoms with Crippen LogP contribution in [0.15, 0.2) is 67.1 Å². The molecule has 0 radical (unpaired) electrons. The second-order valence-electron chi connectivity index (χ2n) is 9.27. The first-order chi connectivity index (χ1) is 16.1. The molecule has 2 bridgehead atoms. The molecule has 2 saturated heterocycles. The highest BCUT2D eigenvalue weighted by molar-refractivity contribution is 5.98. The van der Waals surface area contributed by atoms with Crippen molar-refractivity contribution in [2.45, 2.75) is 13.3 Å². The monoisotopic (exact) mass is 438 g/mol. The lowest BCUT2D eigenvalue weighted by molar-refractivity contribution is 0.0564. The molecule has 4 aromatic rings. The summed E-state index contributed by atoms with van der Waals surface area (Å²) in [7, 11) is 0. The van der Waals surface area contributed by atoms with Crippen molar-refractivity contribution in [2.24, 2.45) is 11.8 Å². The predicted octanol–water partition coefficient (Wildman–Crippen LogP) is 3.72. The highest BCUT2D eigenvalue weighted by Crippen LogP contribution is 2.32. The third-order valence-electron chi connectivity index (χ3n) is 6.76. The van der Waals surface area contributed by atoms with Gasteiger partial charge in [0.05, 0.1) is 28.5 Å². The van der Waals surface area contributed by atoms with Gasteiger partial charge in [0.2, 0.25) is 0 Å². The van der Waals surface area contributed by atoms with Crippen molar-refractivity contribution in [3.63, 3.8) is 0 Å². The Morgan fingerprint density at radius 1 is 0.970 bits per heavy atom. The van der Waals surface area contributed by atoms with Gasteiger partial charge in [-0.1, -0.05) is 23.8 Å². The molecule has 2 aliphatic heterocycles. The van der Waals surface area contributed by atoms with Crippen LogP contribution < -0.4 is 4.90 Å². The summed E-state index contributed by atoms with van der Waals surface area (Å²) in [5, 5.41) is 4.35. The lowest BCUT2D eigenvalue weighted by atomic mass is 9.84. The third-order valence-corrected chi connectivity index (χ3v) is 6.76. The molecule has 0 saturated carbocycles. The predicted molar refractivity (Wildman–Crippen MR) is 128 cm³/mol. The van der Waals surface area contributed by atoms with E-state index in [-0.39, 0.29) is 5.91 Å². The van der Waals surface area contributed by atoms with E-state index in [0.29, 0.717) is 11.8 Å². The third kappa shape index (κ3) is 3.73. The van der Waals surface area contributed by atoms with Gasteiger partial charge in [0.15, 0.2) is 0 Å². The Kier molecular flexibility index (Phi) is 4.82. The lowest BCUT2D eigenvalue weighted by Crippen LogP contribution is -2.54. The average molecular weight is 439 g/mol. The van der Waals surface area contributed by atoms with E-state index in [2.05, 4.69) is 15.0 Å². The van der Waals surface area contributed by atoms with Crippen molar-refractivity contribution in [1.29, 1.82) is 0 Å². The summed E-state index contributed by atoms with van der Waals surface area (Å²) in [4.78, 5) is 27.5. The second kappa shape index (κ2) is 7.99. The fraction of sp³-hybridized carbons (Fsp3) is 0.308. The number of carbonyl (C=O) groups excluding carboxylic acids is 1. The summed E-state index contributed by atoms with van der Waals surface area (Å²) in [5.41, 5.74) is 4.47. The van der Waals surface area contributed by atoms with Gasteiger partial charge in [-0.15, -0.1) is 0 Å². The van der Waals surface area contributed by atoms with Gasteiger partial charge >= 0.3 is 0 Å². The number of aryl methyl sites for hydroxylation is 1. The van der Waals surface area contributed by atoms with Crippen LogP contribution in [-0.4, -0.2) is 56.7 Å². The largest absolute Gasteiger partial charge is 0.355 e. The molecule has 7 heteroatoms. The molecule has 2 fully saturated rings. The summed E-state index contributed by atoms with van der Waals surface area (Å²) < 4.78 is 1.78. The molecule has 0 spiro atoms. The smallest absolute Gasteiger partial charge is 0.256 e. The molecular formula is C26H26N6O. The van der Waals surface area contributed by atoms with Crippen LogP contribution in [0.5, 0.6) is 0 Å². The maximum atomic E-state index is 13.6. The number of amides is 1. The number of hydrogen-bond acceptors (Lipinski definition) is 5. The normalized spacial score (nSPS) is 20.3. The number of piperidine rings is 2. The molecule has 2 unspecified atom stereocenters. The number of hydrogen-bond donors (Lipinski definition) is 0. The van der Waals surface area contributed by atoms with E-state index in [1.807, 2.05) is 72.7 Å². The highest BCUT2D eigenvalue weighted by Gasteiger charge is 2.37. The number of carbonyl (C=O) groups is 1. The van der Waals surface area contributed by atoms with E-state index in [1.165, 1.54) is 0 Å². The number of para-hydroxylation sites is 2. The lowest BCUT2D eigenvalue weighted by Gasteiger charge is -2.46. The van der Waals surface area contributed by atoms with Crippen LogP contribution in [-0.2, 0) is 0 Å². The summed E-state index contributed by atoms with van der Waals surface area (Å²) >= 11 is 0. The van der Waals surface area contributed by atoms with Crippen LogP contribution in [0.4, 0.5) is 5.82 Å². The summed E-state index contributed by atoms with van der Waals surface area (Å²) in [6, 6.07) is 15.9. The van der Waals surface area contributed by atoms with Crippen LogP contribution in [0.2, 0.25) is 0 Å². The average Bonchev–Trinajstić information content (AvgIpc) is 3.37. The maximum absolute atomic E-state index is 13.6. The zero-order valence-electron chi connectivity index (χ0n) is 18.6. The van der Waals surface area contributed by atoms with Gasteiger partial charge in [0, 0.05) is 38.6 Å². The maximum Gasteiger partial charge on any atom is 0.256 e. The molecule has 1 amide bonds. The molecule has 33 heavy (non-hydrogen) atoms. The van der Waals surface area contributed by atoms with Crippen molar-refractivity contribution in [3.05, 3.63) is 78.2 Å². The topological polar surface area (TPSA) is 67.2 Å². The highest BCUT2D eigenvalue weighted by atomic mass is 16.2. The van der Waals surface area contributed by atoms with Gasteiger partial charge in [0.25, 0.3) is 5.91 Å². The molecule has 166 valence electrons. The minimum absolute atomic E-state index is 0.0952. The zero-order valence-corrected chi connectivity index (χ0v) is 18.6. The van der Waals surface area contributed by atoms with Crippen LogP contribution in [0, 0.1) is 18.8 Å². The minimum atomic E-state index is 0.0952. The molecule has 2 aromatic heterocycles. The van der Waals surface area contributed by atoms with E-state index < -0.39 is 0 Å². The Morgan fingerprint density at radius 3 is 2.52 bits per heavy atom. The van der Waals surface area contributed by atoms with Crippen LogP contribution in [0.1, 0.15) is 22.3 Å². The van der Waals surface area contributed by atoms with Gasteiger partial charge in [-0.25, -0.2) is 9.67 Å². The number of aromatic nitrogens is 4. The molecule has 6 rings (SSSR count). The van der Waals surface area contributed by atoms with Crippen molar-refractivity contribution in [1.82, 2.24) is 24.6 Å². The quantitative estimate of drug-likeness (QED) is 0.488. The van der Waals surface area contributed by atoms with Crippen molar-refractivity contribution in [2.75, 3.05) is 31.1 Å². The SMILES string of the molecule is Cc1ccc(-n2cccn2)c(C(=O)N2CC3CC(C2)CN(c2cnc4ccccc4n2)C3)c1. The first-order valence-electron chi connectivity index (χ1n) is 11.5. The molecule has 0 aliphatic carbocycles. The van der Waals surface area contributed by atoms with E-state index in [0.717, 1.165) is 66.3 Å². The molecule has 2 aliphatic rings. The molecule has 4 heterocycles. The van der Waals surface area contributed by atoms with Crippen molar-refractivity contribution in [3.8, 4) is 5.69 Å². The summed E-state index contributed by atoms with van der Waals surface area (Å²) in [6.07, 6.45) is 6.66. The van der Waals surface area contributed by atoms with Gasteiger partial charge in [-0.05, 0) is 55.5 Å². The Hall–Kier alpha value is -3.74. The number of benzene rings is 2. The van der Waals surface area contributed by atoms with Crippen molar-refractivity contribution < 1.29 is 4.79 Å². The van der Waals surface area contributed by atoms with Crippen LogP contribution in [0.3, 0.4) is 0 Å². The first-order valence-corrected chi connectivity index (χ1v) is 11.5. The van der Waals surface area contributed by atoms with Crippen LogP contribution in [0.25, 0.3) is 16.7 Å². The van der Waals surface area contributed by atoms with Gasteiger partial charge in [-0.2, -0.15) is 5.10 Å². The molecular weight excluding hydrogens is 412 g/mol. The number of anilines is 1. The molecule has 0 N–H and O–H groups in total. The fourth-order valence-electron chi connectivity index (χ4n) is 5.34. The Labute approximate surface area is 192 Å². The Morgan fingerprint density at radius 2 is 1.76 bits per heavy atom. The fourth-order valence-corrected chi connectivity index (χ4v) is 5.34. The molecule has 2 aromatic carbocycles. The number of likely N-dealkylation sites (tertiary alicyclic amines) is 1. The Bertz CT molecular complexity index is 1300. The first kappa shape index (κ1) is 19.9. The van der Waals surface area contributed by atoms with E-state index in [4.69, 9.17) is 4.98 Å². The van der Waals surface area contributed by atoms with Crippen molar-refractivity contribution >= 4 is 22.8 Å². The zero-order chi connectivity index (χ0) is 22.4. The minimum Gasteiger partial charge on any atom is -0.355 e. The van der Waals surface area contributed by atoms with Crippen LogP contribution >= 0.6 is 0 Å². The van der Waals surface area contributed by atoms with E-state index in [1.54, 1.807) is 10.9 Å². The number of fused-ring (bicyclic) bond motifs is 3. The van der Waals surface area contributed by atoms with Gasteiger partial charge in [0.1, 0.15) is 5.82 Å². The van der Waals surface area contributed by atoms with Gasteiger partial charge in [-0.3, -0.25) is 9.78 Å². The van der Waals surface area contributed by atoms with E-state index in [9.17, 15) is 4.79 Å². The summed E-state index contributed by atoms with van der Waals surface area (Å²) in [5.74, 6) is 1.88. The molecule has 7 nitrogen and oxygen atoms in total. The molecule has 2 atom stereocenters. The standard InChI is InChI=1S/C26H26N6O/c1-18-7-8-24(32-10-4-9-28-32)21(11-18)26(33)31-16-19-12-20(17-31)15-30(14-19)25-13-27-22-5-2-3-6-23(22)29-25/h2-11,13,19-20H,12,14-17H2,1H3. The second-order valence-corrected chi connectivity index (χ2v) is 9.27. The number of rotatable bonds is 3. The van der Waals surface area contributed by atoms with E-state index >= 15 is 0 Å².